The van der Waals surface area contributed by atoms with Crippen LogP contribution in [0.4, 0.5) is 0 Å². The molecular weight excluding hydrogens is 254 g/mol. The molecule has 0 amide bonds. The third-order valence-electron chi connectivity index (χ3n) is 2.97. The molecule has 0 atom stereocenters. The number of aromatic nitrogens is 1. The van der Waals surface area contributed by atoms with Crippen molar-refractivity contribution in [1.29, 1.82) is 0 Å². The predicted molar refractivity (Wildman–Crippen MR) is 75.4 cm³/mol. The molecule has 3 rings (SSSR count). The second-order valence-corrected chi connectivity index (χ2v) is 4.24. The molecule has 0 spiro atoms. The highest BCUT2D eigenvalue weighted by Crippen LogP contribution is 2.32. The summed E-state index contributed by atoms with van der Waals surface area (Å²) in [6, 6.07) is 12.9. The van der Waals surface area contributed by atoms with Crippen LogP contribution >= 0.6 is 0 Å². The van der Waals surface area contributed by atoms with Crippen molar-refractivity contribution in [2.75, 3.05) is 6.61 Å². The van der Waals surface area contributed by atoms with Gasteiger partial charge in [-0.25, -0.2) is 4.79 Å². The van der Waals surface area contributed by atoms with Crippen molar-refractivity contribution in [3.63, 3.8) is 0 Å². The van der Waals surface area contributed by atoms with Gasteiger partial charge in [-0.1, -0.05) is 24.3 Å². The summed E-state index contributed by atoms with van der Waals surface area (Å²) in [5, 5.41) is 0.742. The minimum absolute atomic E-state index is 0.319. The van der Waals surface area contributed by atoms with E-state index in [0.717, 1.165) is 5.39 Å². The number of nitrogens with zero attached hydrogens (tertiary/aromatic N) is 1. The molecule has 100 valence electrons. The summed E-state index contributed by atoms with van der Waals surface area (Å²) in [5.41, 5.74) is 1.70. The summed E-state index contributed by atoms with van der Waals surface area (Å²) in [7, 11) is 0. The monoisotopic (exact) mass is 267 g/mol. The number of para-hydroxylation sites is 1. The van der Waals surface area contributed by atoms with Gasteiger partial charge in [-0.15, -0.1) is 0 Å². The van der Waals surface area contributed by atoms with Crippen LogP contribution in [0.3, 0.4) is 0 Å². The van der Waals surface area contributed by atoms with Crippen molar-refractivity contribution in [3.8, 4) is 11.5 Å². The average Bonchev–Trinajstić information content (AvgIpc) is 2.88. The fourth-order valence-electron chi connectivity index (χ4n) is 2.13. The molecule has 4 nitrogen and oxygen atoms in total. The standard InChI is InChI=1S/C16H13NO3/c1-2-19-16(18)14-11-7-3-4-9-13(11)20-15(14)12-8-5-6-10-17-12/h3-10H,2H2,1H3. The van der Waals surface area contributed by atoms with Gasteiger partial charge in [0.15, 0.2) is 5.76 Å². The van der Waals surface area contributed by atoms with Gasteiger partial charge in [-0.2, -0.15) is 0 Å². The van der Waals surface area contributed by atoms with E-state index >= 15 is 0 Å². The van der Waals surface area contributed by atoms with E-state index in [9.17, 15) is 4.79 Å². The molecule has 1 aromatic carbocycles. The Kier molecular flexibility index (Phi) is 3.21. The molecule has 0 radical (unpaired) electrons. The summed E-state index contributed by atoms with van der Waals surface area (Å²) in [5.74, 6) is 0.0587. The zero-order valence-electron chi connectivity index (χ0n) is 11.0. The first-order valence-electron chi connectivity index (χ1n) is 6.41. The van der Waals surface area contributed by atoms with E-state index in [1.165, 1.54) is 0 Å². The molecule has 2 aromatic heterocycles. The molecule has 0 bridgehead atoms. The number of hydrogen-bond donors (Lipinski definition) is 0. The molecule has 0 fully saturated rings. The highest BCUT2D eigenvalue weighted by Gasteiger charge is 2.23. The Balaban J connectivity index is 2.25. The van der Waals surface area contributed by atoms with Gasteiger partial charge in [-0.3, -0.25) is 4.98 Å². The van der Waals surface area contributed by atoms with E-state index in [2.05, 4.69) is 4.98 Å². The van der Waals surface area contributed by atoms with Crippen LogP contribution in [0.2, 0.25) is 0 Å². The number of pyridine rings is 1. The highest BCUT2D eigenvalue weighted by molar-refractivity contribution is 6.08. The number of furan rings is 1. The minimum atomic E-state index is -0.391. The van der Waals surface area contributed by atoms with Gasteiger partial charge >= 0.3 is 5.97 Å². The van der Waals surface area contributed by atoms with Crippen molar-refractivity contribution in [3.05, 3.63) is 54.2 Å². The van der Waals surface area contributed by atoms with Crippen LogP contribution in [0.5, 0.6) is 0 Å². The van der Waals surface area contributed by atoms with E-state index in [0.29, 0.717) is 29.2 Å². The summed E-state index contributed by atoms with van der Waals surface area (Å²) >= 11 is 0. The Bertz CT molecular complexity index is 747. The normalized spacial score (nSPS) is 10.7. The average molecular weight is 267 g/mol. The van der Waals surface area contributed by atoms with Gasteiger partial charge in [0.1, 0.15) is 16.8 Å². The summed E-state index contributed by atoms with van der Waals surface area (Å²) in [6.07, 6.45) is 1.66. The number of hydrogen-bond acceptors (Lipinski definition) is 4. The van der Waals surface area contributed by atoms with Crippen LogP contribution < -0.4 is 0 Å². The van der Waals surface area contributed by atoms with Crippen LogP contribution in [0.15, 0.2) is 53.1 Å². The van der Waals surface area contributed by atoms with Crippen LogP contribution in [0, 0.1) is 0 Å². The molecule has 0 saturated carbocycles. The molecule has 0 saturated heterocycles. The lowest BCUT2D eigenvalue weighted by molar-refractivity contribution is 0.0528. The van der Waals surface area contributed by atoms with Crippen molar-refractivity contribution < 1.29 is 13.9 Å². The molecule has 20 heavy (non-hydrogen) atoms. The van der Waals surface area contributed by atoms with E-state index in [-0.39, 0.29) is 0 Å². The van der Waals surface area contributed by atoms with Crippen molar-refractivity contribution in [2.24, 2.45) is 0 Å². The summed E-state index contributed by atoms with van der Waals surface area (Å²) < 4.78 is 10.9. The lowest BCUT2D eigenvalue weighted by Crippen LogP contribution is -2.05. The molecule has 0 aliphatic carbocycles. The van der Waals surface area contributed by atoms with E-state index < -0.39 is 5.97 Å². The first-order valence-corrected chi connectivity index (χ1v) is 6.41. The van der Waals surface area contributed by atoms with E-state index in [1.807, 2.05) is 36.4 Å². The van der Waals surface area contributed by atoms with Crippen LogP contribution in [0.1, 0.15) is 17.3 Å². The number of rotatable bonds is 3. The van der Waals surface area contributed by atoms with E-state index in [4.69, 9.17) is 9.15 Å². The Hall–Kier alpha value is -2.62. The molecule has 2 heterocycles. The van der Waals surface area contributed by atoms with Gasteiger partial charge in [0, 0.05) is 11.6 Å². The lowest BCUT2D eigenvalue weighted by Gasteiger charge is -2.02. The summed E-state index contributed by atoms with van der Waals surface area (Å²) in [4.78, 5) is 16.4. The molecule has 3 aromatic rings. The molecule has 0 aliphatic heterocycles. The molecular formula is C16H13NO3. The Labute approximate surface area is 116 Å². The lowest BCUT2D eigenvalue weighted by atomic mass is 10.1. The van der Waals surface area contributed by atoms with Gasteiger partial charge in [0.25, 0.3) is 0 Å². The fraction of sp³-hybridized carbons (Fsp3) is 0.125. The maximum atomic E-state index is 12.2. The molecule has 0 unspecified atom stereocenters. The topological polar surface area (TPSA) is 52.3 Å². The first kappa shape index (κ1) is 12.4. The zero-order valence-corrected chi connectivity index (χ0v) is 11.0. The maximum absolute atomic E-state index is 12.2. The van der Waals surface area contributed by atoms with Crippen molar-refractivity contribution in [2.45, 2.75) is 6.92 Å². The zero-order chi connectivity index (χ0) is 13.9. The maximum Gasteiger partial charge on any atom is 0.342 e. The second-order valence-electron chi connectivity index (χ2n) is 4.24. The number of fused-ring (bicyclic) bond motifs is 1. The van der Waals surface area contributed by atoms with E-state index in [1.54, 1.807) is 19.2 Å². The predicted octanol–water partition coefficient (Wildman–Crippen LogP) is 3.67. The number of carbonyl (C=O) groups is 1. The molecule has 0 N–H and O–H groups in total. The minimum Gasteiger partial charge on any atom is -0.462 e. The Morgan fingerprint density at radius 2 is 2.00 bits per heavy atom. The Morgan fingerprint density at radius 1 is 1.20 bits per heavy atom. The van der Waals surface area contributed by atoms with Crippen molar-refractivity contribution >= 4 is 16.9 Å². The Morgan fingerprint density at radius 3 is 2.75 bits per heavy atom. The van der Waals surface area contributed by atoms with Crippen molar-refractivity contribution in [1.82, 2.24) is 4.98 Å². The van der Waals surface area contributed by atoms with Gasteiger partial charge < -0.3 is 9.15 Å². The smallest absolute Gasteiger partial charge is 0.342 e. The second kappa shape index (κ2) is 5.17. The van der Waals surface area contributed by atoms with Gasteiger partial charge in [0.05, 0.1) is 6.61 Å². The highest BCUT2D eigenvalue weighted by atomic mass is 16.5. The first-order chi connectivity index (χ1) is 9.81. The number of ether oxygens (including phenoxy) is 1. The quantitative estimate of drug-likeness (QED) is 0.679. The van der Waals surface area contributed by atoms with Crippen LogP contribution in [-0.2, 0) is 4.74 Å². The fourth-order valence-corrected chi connectivity index (χ4v) is 2.13. The summed E-state index contributed by atoms with van der Waals surface area (Å²) in [6.45, 7) is 2.10. The number of esters is 1. The largest absolute Gasteiger partial charge is 0.462 e. The number of carbonyl (C=O) groups excluding carboxylic acids is 1. The van der Waals surface area contributed by atoms with Crippen LogP contribution in [-0.4, -0.2) is 17.6 Å². The number of benzene rings is 1. The third kappa shape index (κ3) is 2.05. The third-order valence-corrected chi connectivity index (χ3v) is 2.97. The SMILES string of the molecule is CCOC(=O)c1c(-c2ccccn2)oc2ccccc12. The molecule has 4 heteroatoms. The van der Waals surface area contributed by atoms with Crippen LogP contribution in [0.25, 0.3) is 22.4 Å². The van der Waals surface area contributed by atoms with Gasteiger partial charge in [-0.05, 0) is 25.1 Å². The molecule has 0 aliphatic rings. The van der Waals surface area contributed by atoms with Gasteiger partial charge in [0.2, 0.25) is 0 Å².